The van der Waals surface area contributed by atoms with Gasteiger partial charge < -0.3 is 5.32 Å². The molecule has 0 aliphatic heterocycles. The number of nitrogens with one attached hydrogen (secondary N) is 1. The highest BCUT2D eigenvalue weighted by Crippen LogP contribution is 2.31. The zero-order chi connectivity index (χ0) is 14.7. The molecule has 1 unspecified atom stereocenters. The lowest BCUT2D eigenvalue weighted by Gasteiger charge is -2.18. The molecule has 1 N–H and O–H groups in total. The molecule has 0 aliphatic rings. The fourth-order valence-corrected chi connectivity index (χ4v) is 2.30. The SMILES string of the molecule is CCC(Nc1c([N+](=O)[O-])c(C)nn1C)c1ccccc1. The number of nitro groups is 1. The average Bonchev–Trinajstić information content (AvgIpc) is 2.71. The van der Waals surface area contributed by atoms with E-state index in [9.17, 15) is 10.1 Å². The van der Waals surface area contributed by atoms with E-state index in [0.717, 1.165) is 12.0 Å². The van der Waals surface area contributed by atoms with Gasteiger partial charge in [0.05, 0.1) is 11.0 Å². The Labute approximate surface area is 117 Å². The first-order valence-electron chi connectivity index (χ1n) is 6.54. The molecule has 2 rings (SSSR count). The predicted molar refractivity (Wildman–Crippen MR) is 77.7 cm³/mol. The Morgan fingerprint density at radius 1 is 1.40 bits per heavy atom. The van der Waals surface area contributed by atoms with Crippen LogP contribution >= 0.6 is 0 Å². The minimum absolute atomic E-state index is 0.0182. The van der Waals surface area contributed by atoms with Crippen LogP contribution in [0.2, 0.25) is 0 Å². The molecule has 2 aromatic rings. The van der Waals surface area contributed by atoms with Crippen LogP contribution in [0.1, 0.15) is 30.6 Å². The maximum absolute atomic E-state index is 11.2. The molecule has 1 atom stereocenters. The van der Waals surface area contributed by atoms with Gasteiger partial charge in [0.15, 0.2) is 0 Å². The van der Waals surface area contributed by atoms with Gasteiger partial charge in [0, 0.05) is 7.05 Å². The van der Waals surface area contributed by atoms with Crippen molar-refractivity contribution in [1.82, 2.24) is 9.78 Å². The molecule has 0 saturated heterocycles. The summed E-state index contributed by atoms with van der Waals surface area (Å²) in [6.45, 7) is 3.69. The molecular formula is C14H18N4O2. The Bertz CT molecular complexity index is 607. The number of aromatic nitrogens is 2. The van der Waals surface area contributed by atoms with Gasteiger partial charge in [-0.2, -0.15) is 5.10 Å². The highest BCUT2D eigenvalue weighted by atomic mass is 16.6. The molecule has 6 heteroatoms. The van der Waals surface area contributed by atoms with E-state index in [1.165, 1.54) is 4.68 Å². The fraction of sp³-hybridized carbons (Fsp3) is 0.357. The van der Waals surface area contributed by atoms with Gasteiger partial charge in [0.2, 0.25) is 5.82 Å². The molecule has 0 spiro atoms. The summed E-state index contributed by atoms with van der Waals surface area (Å²) in [6.07, 6.45) is 0.825. The van der Waals surface area contributed by atoms with E-state index in [0.29, 0.717) is 11.5 Å². The highest BCUT2D eigenvalue weighted by Gasteiger charge is 2.25. The monoisotopic (exact) mass is 274 g/mol. The molecule has 0 saturated carbocycles. The van der Waals surface area contributed by atoms with Crippen molar-refractivity contribution in [3.8, 4) is 0 Å². The number of benzene rings is 1. The molecule has 0 aliphatic carbocycles. The van der Waals surface area contributed by atoms with Gasteiger partial charge in [-0.15, -0.1) is 0 Å². The second kappa shape index (κ2) is 5.73. The Hall–Kier alpha value is -2.37. The first kappa shape index (κ1) is 14.0. The van der Waals surface area contributed by atoms with Crippen LogP contribution in [0.4, 0.5) is 11.5 Å². The summed E-state index contributed by atoms with van der Waals surface area (Å²) < 4.78 is 1.53. The standard InChI is InChI=1S/C14H18N4O2/c1-4-12(11-8-6-5-7-9-11)15-14-13(18(19)20)10(2)16-17(14)3/h5-9,12,15H,4H2,1-3H3. The summed E-state index contributed by atoms with van der Waals surface area (Å²) in [6, 6.07) is 9.91. The van der Waals surface area contributed by atoms with E-state index >= 15 is 0 Å². The second-order valence-corrected chi connectivity index (χ2v) is 4.68. The number of anilines is 1. The lowest BCUT2D eigenvalue weighted by molar-refractivity contribution is -0.384. The Morgan fingerprint density at radius 2 is 2.05 bits per heavy atom. The van der Waals surface area contributed by atoms with Crippen LogP contribution in [0.25, 0.3) is 0 Å². The number of aryl methyl sites for hydroxylation is 2. The van der Waals surface area contributed by atoms with E-state index in [4.69, 9.17) is 0 Å². The molecule has 0 radical (unpaired) electrons. The van der Waals surface area contributed by atoms with Crippen LogP contribution in [-0.2, 0) is 7.05 Å². The van der Waals surface area contributed by atoms with Crippen LogP contribution in [0, 0.1) is 17.0 Å². The van der Waals surface area contributed by atoms with Gasteiger partial charge in [-0.1, -0.05) is 37.3 Å². The normalized spacial score (nSPS) is 12.2. The maximum Gasteiger partial charge on any atom is 0.333 e. The van der Waals surface area contributed by atoms with Crippen LogP contribution in [-0.4, -0.2) is 14.7 Å². The molecule has 6 nitrogen and oxygen atoms in total. The van der Waals surface area contributed by atoms with Crippen molar-refractivity contribution < 1.29 is 4.92 Å². The van der Waals surface area contributed by atoms with Gasteiger partial charge in [0.25, 0.3) is 0 Å². The molecule has 20 heavy (non-hydrogen) atoms. The highest BCUT2D eigenvalue weighted by molar-refractivity contribution is 5.60. The number of hydrogen-bond acceptors (Lipinski definition) is 4. The molecule has 0 bridgehead atoms. The third-order valence-corrected chi connectivity index (χ3v) is 3.29. The zero-order valence-corrected chi connectivity index (χ0v) is 11.8. The van der Waals surface area contributed by atoms with Crippen molar-refractivity contribution in [3.05, 3.63) is 51.7 Å². The molecular weight excluding hydrogens is 256 g/mol. The average molecular weight is 274 g/mol. The summed E-state index contributed by atoms with van der Waals surface area (Å²) in [4.78, 5) is 10.8. The molecule has 0 amide bonds. The van der Waals surface area contributed by atoms with Crippen LogP contribution in [0.15, 0.2) is 30.3 Å². The third kappa shape index (κ3) is 2.64. The maximum atomic E-state index is 11.2. The van der Waals surface area contributed by atoms with Crippen LogP contribution in [0.5, 0.6) is 0 Å². The first-order chi connectivity index (χ1) is 9.54. The van der Waals surface area contributed by atoms with E-state index in [-0.39, 0.29) is 16.7 Å². The lowest BCUT2D eigenvalue weighted by atomic mass is 10.0. The van der Waals surface area contributed by atoms with Gasteiger partial charge in [0.1, 0.15) is 5.69 Å². The fourth-order valence-electron chi connectivity index (χ4n) is 2.30. The van der Waals surface area contributed by atoms with E-state index in [2.05, 4.69) is 10.4 Å². The third-order valence-electron chi connectivity index (χ3n) is 3.29. The van der Waals surface area contributed by atoms with Gasteiger partial charge >= 0.3 is 5.69 Å². The molecule has 106 valence electrons. The molecule has 1 heterocycles. The summed E-state index contributed by atoms with van der Waals surface area (Å²) in [7, 11) is 1.71. The predicted octanol–water partition coefficient (Wildman–Crippen LogP) is 3.20. The number of hydrogen-bond donors (Lipinski definition) is 1. The Balaban J connectivity index is 2.36. The van der Waals surface area contributed by atoms with Crippen molar-refractivity contribution in [2.24, 2.45) is 7.05 Å². The number of rotatable bonds is 5. The van der Waals surface area contributed by atoms with E-state index < -0.39 is 0 Å². The second-order valence-electron chi connectivity index (χ2n) is 4.68. The summed E-state index contributed by atoms with van der Waals surface area (Å²) in [5.74, 6) is 0.447. The quantitative estimate of drug-likeness (QED) is 0.671. The van der Waals surface area contributed by atoms with E-state index in [1.54, 1.807) is 14.0 Å². The van der Waals surface area contributed by atoms with Crippen molar-refractivity contribution in [2.45, 2.75) is 26.3 Å². The molecule has 1 aromatic carbocycles. The largest absolute Gasteiger partial charge is 0.358 e. The van der Waals surface area contributed by atoms with Crippen molar-refractivity contribution in [1.29, 1.82) is 0 Å². The van der Waals surface area contributed by atoms with Gasteiger partial charge in [-0.3, -0.25) is 10.1 Å². The molecule has 1 aromatic heterocycles. The summed E-state index contributed by atoms with van der Waals surface area (Å²) >= 11 is 0. The van der Waals surface area contributed by atoms with Crippen LogP contribution in [0.3, 0.4) is 0 Å². The molecule has 0 fully saturated rings. The van der Waals surface area contributed by atoms with Crippen LogP contribution < -0.4 is 5.32 Å². The topological polar surface area (TPSA) is 73.0 Å². The van der Waals surface area contributed by atoms with Gasteiger partial charge in [-0.25, -0.2) is 4.68 Å². The van der Waals surface area contributed by atoms with Crippen molar-refractivity contribution in [2.75, 3.05) is 5.32 Å². The van der Waals surface area contributed by atoms with Crippen molar-refractivity contribution in [3.63, 3.8) is 0 Å². The minimum atomic E-state index is -0.387. The zero-order valence-electron chi connectivity index (χ0n) is 11.8. The van der Waals surface area contributed by atoms with Gasteiger partial charge in [-0.05, 0) is 18.9 Å². The minimum Gasteiger partial charge on any atom is -0.358 e. The summed E-state index contributed by atoms with van der Waals surface area (Å²) in [5, 5.41) is 18.5. The first-order valence-corrected chi connectivity index (χ1v) is 6.54. The van der Waals surface area contributed by atoms with Crippen molar-refractivity contribution >= 4 is 11.5 Å². The smallest absolute Gasteiger partial charge is 0.333 e. The Kier molecular flexibility index (Phi) is 4.02. The number of nitrogens with zero attached hydrogens (tertiary/aromatic N) is 3. The summed E-state index contributed by atoms with van der Waals surface area (Å²) in [5.41, 5.74) is 1.56. The Morgan fingerprint density at radius 3 is 2.60 bits per heavy atom. The lowest BCUT2D eigenvalue weighted by Crippen LogP contribution is -2.13. The van der Waals surface area contributed by atoms with E-state index in [1.807, 2.05) is 37.3 Å².